The molecule has 1 saturated heterocycles. The van der Waals surface area contributed by atoms with Crippen LogP contribution in [0.1, 0.15) is 42.5 Å². The number of nitrogens with one attached hydrogen (secondary N) is 1. The van der Waals surface area contributed by atoms with E-state index in [0.717, 1.165) is 30.6 Å². The summed E-state index contributed by atoms with van der Waals surface area (Å²) < 4.78 is 12.5. The highest BCUT2D eigenvalue weighted by Gasteiger charge is 2.31. The minimum Gasteiger partial charge on any atom is -0.497 e. The average Bonchev–Trinajstić information content (AvgIpc) is 3.24. The molecule has 0 spiro atoms. The van der Waals surface area contributed by atoms with Gasteiger partial charge in [-0.05, 0) is 37.0 Å². The molecule has 3 heterocycles. The number of ether oxygens (including phenoxy) is 1. The Bertz CT molecular complexity index is 1180. The lowest BCUT2D eigenvalue weighted by molar-refractivity contribution is -0.136. The van der Waals surface area contributed by atoms with Crippen LogP contribution in [0.5, 0.6) is 5.75 Å². The number of likely N-dealkylation sites (tertiary alicyclic amines) is 1. The quantitative estimate of drug-likeness (QED) is 0.647. The molecule has 0 unspecified atom stereocenters. The second kappa shape index (κ2) is 9.03. The Labute approximate surface area is 178 Å². The van der Waals surface area contributed by atoms with Gasteiger partial charge in [0.1, 0.15) is 24.1 Å². The van der Waals surface area contributed by atoms with Crippen LogP contribution in [0.25, 0.3) is 0 Å². The van der Waals surface area contributed by atoms with Gasteiger partial charge in [-0.3, -0.25) is 19.1 Å². The SMILES string of the molecule is COc1cccc(Cc2cnc([C@@H]3CCCCN3C(=O)Cn3ccc(=O)[nH]c3=O)o2)c1. The lowest BCUT2D eigenvalue weighted by atomic mass is 10.0. The summed E-state index contributed by atoms with van der Waals surface area (Å²) in [7, 11) is 1.63. The van der Waals surface area contributed by atoms with Gasteiger partial charge in [0, 0.05) is 25.2 Å². The van der Waals surface area contributed by atoms with Gasteiger partial charge in [-0.2, -0.15) is 0 Å². The topological polar surface area (TPSA) is 110 Å². The standard InChI is InChI=1S/C22H24N4O5/c1-30-16-6-4-5-15(11-16)12-17-13-23-21(31-17)18-7-2-3-9-26(18)20(28)14-25-10-8-19(27)24-22(25)29/h4-6,8,10-11,13,18H,2-3,7,9,12,14H2,1H3,(H,24,27,29)/t18-/m0/s1. The van der Waals surface area contributed by atoms with Gasteiger partial charge in [-0.15, -0.1) is 0 Å². The molecule has 0 aliphatic carbocycles. The van der Waals surface area contributed by atoms with Gasteiger partial charge in [-0.1, -0.05) is 12.1 Å². The summed E-state index contributed by atoms with van der Waals surface area (Å²) in [5, 5.41) is 0. The molecule has 9 heteroatoms. The highest BCUT2D eigenvalue weighted by atomic mass is 16.5. The molecule has 4 rings (SSSR count). The molecule has 1 amide bonds. The third kappa shape index (κ3) is 4.76. The van der Waals surface area contributed by atoms with Gasteiger partial charge in [0.2, 0.25) is 11.8 Å². The van der Waals surface area contributed by atoms with Crippen molar-refractivity contribution in [3.63, 3.8) is 0 Å². The Hall–Kier alpha value is -3.62. The molecule has 1 aliphatic heterocycles. The number of benzene rings is 1. The van der Waals surface area contributed by atoms with Crippen LogP contribution in [0.2, 0.25) is 0 Å². The zero-order valence-electron chi connectivity index (χ0n) is 17.2. The van der Waals surface area contributed by atoms with E-state index in [2.05, 4.69) is 9.97 Å². The molecule has 0 radical (unpaired) electrons. The van der Waals surface area contributed by atoms with Gasteiger partial charge >= 0.3 is 5.69 Å². The van der Waals surface area contributed by atoms with E-state index in [-0.39, 0.29) is 18.5 Å². The van der Waals surface area contributed by atoms with Crippen molar-refractivity contribution < 1.29 is 13.9 Å². The molecular weight excluding hydrogens is 400 g/mol. The summed E-state index contributed by atoms with van der Waals surface area (Å²) in [4.78, 5) is 44.4. The molecule has 2 aromatic heterocycles. The van der Waals surface area contributed by atoms with E-state index in [4.69, 9.17) is 9.15 Å². The number of carbonyl (C=O) groups excluding carboxylic acids is 1. The number of hydrogen-bond donors (Lipinski definition) is 1. The number of oxazole rings is 1. The number of hydrogen-bond acceptors (Lipinski definition) is 6. The second-order valence-electron chi connectivity index (χ2n) is 7.53. The number of aromatic nitrogens is 3. The fraction of sp³-hybridized carbons (Fsp3) is 0.364. The molecule has 1 fully saturated rings. The maximum atomic E-state index is 12.9. The van der Waals surface area contributed by atoms with Gasteiger partial charge in [0.05, 0.1) is 13.3 Å². The fourth-order valence-electron chi connectivity index (χ4n) is 3.83. The van der Waals surface area contributed by atoms with Crippen LogP contribution in [0.15, 0.2) is 56.7 Å². The number of H-pyrrole nitrogens is 1. The van der Waals surface area contributed by atoms with E-state index in [0.29, 0.717) is 24.6 Å². The zero-order chi connectivity index (χ0) is 21.8. The molecule has 1 atom stereocenters. The Morgan fingerprint density at radius 1 is 1.29 bits per heavy atom. The van der Waals surface area contributed by atoms with Gasteiger partial charge < -0.3 is 14.1 Å². The number of carbonyl (C=O) groups is 1. The maximum Gasteiger partial charge on any atom is 0.328 e. The summed E-state index contributed by atoms with van der Waals surface area (Å²) >= 11 is 0. The molecule has 1 aliphatic rings. The van der Waals surface area contributed by atoms with Crippen LogP contribution < -0.4 is 16.0 Å². The number of piperidine rings is 1. The number of methoxy groups -OCH3 is 1. The van der Waals surface area contributed by atoms with Gasteiger partial charge in [-0.25, -0.2) is 9.78 Å². The van der Waals surface area contributed by atoms with E-state index in [1.165, 1.54) is 16.8 Å². The Morgan fingerprint density at radius 2 is 2.16 bits per heavy atom. The first-order valence-electron chi connectivity index (χ1n) is 10.2. The second-order valence-corrected chi connectivity index (χ2v) is 7.53. The molecule has 162 valence electrons. The van der Waals surface area contributed by atoms with Crippen molar-refractivity contribution in [3.8, 4) is 5.75 Å². The van der Waals surface area contributed by atoms with E-state index in [1.807, 2.05) is 24.3 Å². The average molecular weight is 424 g/mol. The molecule has 1 N–H and O–H groups in total. The van der Waals surface area contributed by atoms with Crippen molar-refractivity contribution in [1.29, 1.82) is 0 Å². The van der Waals surface area contributed by atoms with Crippen LogP contribution in [0.4, 0.5) is 0 Å². The van der Waals surface area contributed by atoms with Crippen LogP contribution in [-0.4, -0.2) is 39.0 Å². The van der Waals surface area contributed by atoms with Crippen LogP contribution in [-0.2, 0) is 17.8 Å². The molecule has 31 heavy (non-hydrogen) atoms. The zero-order valence-corrected chi connectivity index (χ0v) is 17.2. The van der Waals surface area contributed by atoms with E-state index in [9.17, 15) is 14.4 Å². The summed E-state index contributed by atoms with van der Waals surface area (Å²) in [6.07, 6.45) is 6.16. The van der Waals surface area contributed by atoms with Gasteiger partial charge in [0.15, 0.2) is 0 Å². The van der Waals surface area contributed by atoms with Crippen LogP contribution in [0, 0.1) is 0 Å². The first-order valence-corrected chi connectivity index (χ1v) is 10.2. The number of aromatic amines is 1. The largest absolute Gasteiger partial charge is 0.497 e. The Kier molecular flexibility index (Phi) is 6.01. The van der Waals surface area contributed by atoms with Crippen molar-refractivity contribution in [1.82, 2.24) is 19.4 Å². The fourth-order valence-corrected chi connectivity index (χ4v) is 3.83. The normalized spacial score (nSPS) is 16.3. The molecule has 9 nitrogen and oxygen atoms in total. The Balaban J connectivity index is 1.50. The third-order valence-electron chi connectivity index (χ3n) is 5.39. The Morgan fingerprint density at radius 3 is 2.97 bits per heavy atom. The highest BCUT2D eigenvalue weighted by Crippen LogP contribution is 2.31. The predicted octanol–water partition coefficient (Wildman–Crippen LogP) is 1.88. The minimum absolute atomic E-state index is 0.149. The first-order chi connectivity index (χ1) is 15.0. The van der Waals surface area contributed by atoms with Crippen molar-refractivity contribution in [2.75, 3.05) is 13.7 Å². The van der Waals surface area contributed by atoms with E-state index >= 15 is 0 Å². The van der Waals surface area contributed by atoms with Crippen molar-refractivity contribution in [2.24, 2.45) is 0 Å². The monoisotopic (exact) mass is 424 g/mol. The minimum atomic E-state index is -0.605. The van der Waals surface area contributed by atoms with E-state index < -0.39 is 11.2 Å². The highest BCUT2D eigenvalue weighted by molar-refractivity contribution is 5.76. The van der Waals surface area contributed by atoms with Gasteiger partial charge in [0.25, 0.3) is 5.56 Å². The third-order valence-corrected chi connectivity index (χ3v) is 5.39. The smallest absolute Gasteiger partial charge is 0.328 e. The number of amides is 1. The van der Waals surface area contributed by atoms with Crippen molar-refractivity contribution >= 4 is 5.91 Å². The first kappa shape index (κ1) is 20.6. The van der Waals surface area contributed by atoms with Crippen molar-refractivity contribution in [3.05, 3.63) is 80.8 Å². The summed E-state index contributed by atoms with van der Waals surface area (Å²) in [5.74, 6) is 1.77. The maximum absolute atomic E-state index is 12.9. The van der Waals surface area contributed by atoms with Crippen molar-refractivity contribution in [2.45, 2.75) is 38.3 Å². The summed E-state index contributed by atoms with van der Waals surface area (Å²) in [6, 6.07) is 8.68. The summed E-state index contributed by atoms with van der Waals surface area (Å²) in [6.45, 7) is 0.415. The lowest BCUT2D eigenvalue weighted by Gasteiger charge is -2.33. The molecule has 0 saturated carbocycles. The van der Waals surface area contributed by atoms with Crippen LogP contribution in [0.3, 0.4) is 0 Å². The summed E-state index contributed by atoms with van der Waals surface area (Å²) in [5.41, 5.74) is -0.0601. The number of nitrogens with zero attached hydrogens (tertiary/aromatic N) is 3. The van der Waals surface area contributed by atoms with E-state index in [1.54, 1.807) is 18.2 Å². The molecule has 1 aromatic carbocycles. The molecule has 3 aromatic rings. The molecule has 0 bridgehead atoms. The predicted molar refractivity (Wildman–Crippen MR) is 112 cm³/mol. The number of rotatable bonds is 6. The lowest BCUT2D eigenvalue weighted by Crippen LogP contribution is -2.42. The van der Waals surface area contributed by atoms with Crippen LogP contribution >= 0.6 is 0 Å². The molecular formula is C22H24N4O5.